The Hall–Kier alpha value is -2.92. The molecule has 0 aliphatic rings. The van der Waals surface area contributed by atoms with E-state index in [1.165, 1.54) is 12.1 Å². The van der Waals surface area contributed by atoms with E-state index in [0.717, 1.165) is 16.8 Å². The van der Waals surface area contributed by atoms with E-state index in [0.29, 0.717) is 0 Å². The van der Waals surface area contributed by atoms with Gasteiger partial charge in [-0.05, 0) is 12.1 Å². The highest BCUT2D eigenvalue weighted by molar-refractivity contribution is 6.32. The number of nitro benzene ring substituents is 1. The van der Waals surface area contributed by atoms with Gasteiger partial charge in [0.2, 0.25) is 0 Å². The number of benzene rings is 1. The number of aromatic amines is 1. The first-order valence-corrected chi connectivity index (χ1v) is 5.52. The molecule has 1 heterocycles. The van der Waals surface area contributed by atoms with Crippen LogP contribution in [0.4, 0.5) is 5.69 Å². The summed E-state index contributed by atoms with van der Waals surface area (Å²) in [6, 6.07) is 5.30. The molecule has 9 heteroatoms. The number of hydrogen-bond acceptors (Lipinski definition) is 5. The molecule has 100 valence electrons. The topological polar surface area (TPSA) is 122 Å². The number of H-pyrrole nitrogens is 1. The lowest BCUT2D eigenvalue weighted by Gasteiger charge is -2.05. The number of nitriles is 1. The molecule has 0 radical (unpaired) electrons. The average Bonchev–Trinajstić information content (AvgIpc) is 2.39. The van der Waals surface area contributed by atoms with Gasteiger partial charge in [-0.2, -0.15) is 5.26 Å². The number of aromatic nitrogens is 2. The van der Waals surface area contributed by atoms with E-state index in [4.69, 9.17) is 16.9 Å². The van der Waals surface area contributed by atoms with Gasteiger partial charge in [-0.25, -0.2) is 4.79 Å². The maximum absolute atomic E-state index is 11.7. The fourth-order valence-electron chi connectivity index (χ4n) is 1.53. The third-order valence-electron chi connectivity index (χ3n) is 2.47. The molecule has 20 heavy (non-hydrogen) atoms. The minimum Gasteiger partial charge on any atom is -0.273 e. The summed E-state index contributed by atoms with van der Waals surface area (Å²) in [6.07, 6.45) is 1.01. The van der Waals surface area contributed by atoms with Crippen LogP contribution in [0, 0.1) is 21.4 Å². The zero-order valence-corrected chi connectivity index (χ0v) is 10.4. The number of nitrogens with zero attached hydrogens (tertiary/aromatic N) is 3. The van der Waals surface area contributed by atoms with Crippen molar-refractivity contribution in [3.8, 4) is 11.8 Å². The Balaban J connectivity index is 2.73. The van der Waals surface area contributed by atoms with Gasteiger partial charge >= 0.3 is 5.69 Å². The zero-order valence-electron chi connectivity index (χ0n) is 9.66. The van der Waals surface area contributed by atoms with Crippen LogP contribution in [0.3, 0.4) is 0 Å². The summed E-state index contributed by atoms with van der Waals surface area (Å²) in [7, 11) is 0. The van der Waals surface area contributed by atoms with Crippen LogP contribution in [0.25, 0.3) is 5.69 Å². The van der Waals surface area contributed by atoms with E-state index < -0.39 is 16.2 Å². The average molecular weight is 293 g/mol. The van der Waals surface area contributed by atoms with Crippen molar-refractivity contribution < 1.29 is 4.92 Å². The summed E-state index contributed by atoms with van der Waals surface area (Å²) in [4.78, 5) is 35.0. The summed E-state index contributed by atoms with van der Waals surface area (Å²) in [5, 5.41) is 19.5. The molecular weight excluding hydrogens is 288 g/mol. The van der Waals surface area contributed by atoms with Gasteiger partial charge in [-0.1, -0.05) is 11.6 Å². The van der Waals surface area contributed by atoms with Crippen molar-refractivity contribution in [1.29, 1.82) is 5.26 Å². The largest absolute Gasteiger partial charge is 0.332 e. The molecule has 0 spiro atoms. The number of rotatable bonds is 2. The van der Waals surface area contributed by atoms with Gasteiger partial charge in [0.1, 0.15) is 16.7 Å². The summed E-state index contributed by atoms with van der Waals surface area (Å²) in [6.45, 7) is 0. The summed E-state index contributed by atoms with van der Waals surface area (Å²) in [5.74, 6) is 0. The van der Waals surface area contributed by atoms with Crippen molar-refractivity contribution >= 4 is 17.3 Å². The van der Waals surface area contributed by atoms with Crippen LogP contribution in [-0.4, -0.2) is 14.5 Å². The maximum atomic E-state index is 11.7. The van der Waals surface area contributed by atoms with Crippen LogP contribution in [0.1, 0.15) is 5.56 Å². The predicted octanol–water partition coefficient (Wildman–Crippen LogP) is 0.959. The lowest BCUT2D eigenvalue weighted by atomic mass is 10.2. The highest BCUT2D eigenvalue weighted by Gasteiger charge is 2.15. The maximum Gasteiger partial charge on any atom is 0.332 e. The molecule has 8 nitrogen and oxygen atoms in total. The number of nitro groups is 1. The molecule has 0 aliphatic carbocycles. The van der Waals surface area contributed by atoms with E-state index >= 15 is 0 Å². The molecule has 0 saturated carbocycles. The highest BCUT2D eigenvalue weighted by Crippen LogP contribution is 2.26. The van der Waals surface area contributed by atoms with Gasteiger partial charge in [-0.3, -0.25) is 24.5 Å². The lowest BCUT2D eigenvalue weighted by molar-refractivity contribution is -0.384. The Morgan fingerprint density at radius 1 is 1.40 bits per heavy atom. The van der Waals surface area contributed by atoms with Gasteiger partial charge in [-0.15, -0.1) is 0 Å². The van der Waals surface area contributed by atoms with E-state index in [9.17, 15) is 19.7 Å². The second-order valence-corrected chi connectivity index (χ2v) is 4.08. The normalized spacial score (nSPS) is 10.0. The van der Waals surface area contributed by atoms with Crippen molar-refractivity contribution in [1.82, 2.24) is 9.55 Å². The molecule has 0 bridgehead atoms. The molecule has 0 fully saturated rings. The first kappa shape index (κ1) is 13.5. The van der Waals surface area contributed by atoms with E-state index in [-0.39, 0.29) is 22.0 Å². The van der Waals surface area contributed by atoms with E-state index in [1.807, 2.05) is 4.98 Å². The molecule has 2 aromatic rings. The highest BCUT2D eigenvalue weighted by atomic mass is 35.5. The fraction of sp³-hybridized carbons (Fsp3) is 0. The molecule has 0 amide bonds. The fourth-order valence-corrected chi connectivity index (χ4v) is 1.72. The van der Waals surface area contributed by atoms with Crippen LogP contribution in [0.15, 0.2) is 34.0 Å². The van der Waals surface area contributed by atoms with Gasteiger partial charge in [0.05, 0.1) is 10.6 Å². The SMILES string of the molecule is N#Cc1cn(-c2ccc(Cl)c([N+](=O)[O-])c2)c(=O)[nH]c1=O. The third-order valence-corrected chi connectivity index (χ3v) is 2.79. The van der Waals surface area contributed by atoms with Crippen LogP contribution in [0.2, 0.25) is 5.02 Å². The van der Waals surface area contributed by atoms with Crippen LogP contribution >= 0.6 is 11.6 Å². The number of hydrogen-bond donors (Lipinski definition) is 1. The second kappa shape index (κ2) is 4.99. The van der Waals surface area contributed by atoms with Gasteiger partial charge in [0.15, 0.2) is 0 Å². The monoisotopic (exact) mass is 292 g/mol. The molecule has 1 aromatic heterocycles. The second-order valence-electron chi connectivity index (χ2n) is 3.68. The molecule has 0 saturated heterocycles. The molecular formula is C11H5ClN4O4. The smallest absolute Gasteiger partial charge is 0.273 e. The van der Waals surface area contributed by atoms with Gasteiger partial charge in [0, 0.05) is 12.3 Å². The molecule has 0 unspecified atom stereocenters. The summed E-state index contributed by atoms with van der Waals surface area (Å²) >= 11 is 5.66. The number of nitrogens with one attached hydrogen (secondary N) is 1. The van der Waals surface area contributed by atoms with Crippen molar-refractivity contribution in [2.45, 2.75) is 0 Å². The Kier molecular flexibility index (Phi) is 3.37. The molecule has 2 rings (SSSR count). The molecule has 0 atom stereocenters. The molecule has 0 aliphatic heterocycles. The molecule has 1 N–H and O–H groups in total. The van der Waals surface area contributed by atoms with E-state index in [2.05, 4.69) is 0 Å². The third kappa shape index (κ3) is 2.30. The lowest BCUT2D eigenvalue weighted by Crippen LogP contribution is -2.30. The van der Waals surface area contributed by atoms with Crippen molar-refractivity contribution in [3.63, 3.8) is 0 Å². The zero-order chi connectivity index (χ0) is 14.9. The summed E-state index contributed by atoms with van der Waals surface area (Å²) in [5.41, 5.74) is -2.20. The Labute approximate surface area is 115 Å². The van der Waals surface area contributed by atoms with Crippen molar-refractivity contribution in [2.75, 3.05) is 0 Å². The Morgan fingerprint density at radius 3 is 2.70 bits per heavy atom. The minimum absolute atomic E-state index is 0.0864. The van der Waals surface area contributed by atoms with Crippen molar-refractivity contribution in [2.24, 2.45) is 0 Å². The number of halogens is 1. The van der Waals surface area contributed by atoms with Crippen LogP contribution < -0.4 is 11.2 Å². The molecule has 1 aromatic carbocycles. The quantitative estimate of drug-likeness (QED) is 0.652. The summed E-state index contributed by atoms with van der Waals surface area (Å²) < 4.78 is 0.920. The first-order valence-electron chi connectivity index (χ1n) is 5.14. The van der Waals surface area contributed by atoms with Crippen LogP contribution in [0.5, 0.6) is 0 Å². The van der Waals surface area contributed by atoms with Gasteiger partial charge < -0.3 is 0 Å². The first-order chi connectivity index (χ1) is 9.43. The minimum atomic E-state index is -0.822. The predicted molar refractivity (Wildman–Crippen MR) is 69.0 cm³/mol. The van der Waals surface area contributed by atoms with Crippen LogP contribution in [-0.2, 0) is 0 Å². The van der Waals surface area contributed by atoms with Gasteiger partial charge in [0.25, 0.3) is 11.2 Å². The Bertz CT molecular complexity index is 862. The van der Waals surface area contributed by atoms with E-state index in [1.54, 1.807) is 6.07 Å². The standard InChI is InChI=1S/C11H5ClN4O4/c12-8-2-1-7(3-9(8)16(19)20)15-5-6(4-13)10(17)14-11(15)18/h1-3,5H,(H,14,17,18). The Morgan fingerprint density at radius 2 is 2.10 bits per heavy atom. The van der Waals surface area contributed by atoms with Crippen molar-refractivity contribution in [3.05, 3.63) is 65.9 Å².